The summed E-state index contributed by atoms with van der Waals surface area (Å²) in [4.78, 5) is 26.0. The van der Waals surface area contributed by atoms with Crippen molar-refractivity contribution in [3.63, 3.8) is 0 Å². The Morgan fingerprint density at radius 3 is 2.55 bits per heavy atom. The number of hydrogen-bond acceptors (Lipinski definition) is 4. The average molecular weight is 312 g/mol. The molecule has 1 heterocycles. The van der Waals surface area contributed by atoms with Crippen LogP contribution in [0.4, 0.5) is 16.2 Å². The van der Waals surface area contributed by atoms with Gasteiger partial charge in [-0.2, -0.15) is 0 Å². The molecule has 0 aliphatic carbocycles. The first-order chi connectivity index (χ1) is 10.6. The highest BCUT2D eigenvalue weighted by Crippen LogP contribution is 2.33. The standard InChI is InChI=1S/C17H16N2O2S/c1-11-6-5-8-13(10-11)19-16(20)15(22-17(19)21)18-14-9-4-3-7-12(14)2/h3-10,15,18H,1-2H3/t15-/m1/s1. The largest absolute Gasteiger partial charge is 0.365 e. The van der Waals surface area contributed by atoms with E-state index in [0.717, 1.165) is 28.6 Å². The fourth-order valence-corrected chi connectivity index (χ4v) is 3.27. The number of nitrogens with zero attached hydrogens (tertiary/aromatic N) is 1. The number of hydrogen-bond donors (Lipinski definition) is 1. The molecule has 2 aromatic carbocycles. The zero-order chi connectivity index (χ0) is 15.7. The third kappa shape index (κ3) is 2.72. The summed E-state index contributed by atoms with van der Waals surface area (Å²) in [5.41, 5.74) is 3.54. The summed E-state index contributed by atoms with van der Waals surface area (Å²) in [5, 5.41) is 2.32. The van der Waals surface area contributed by atoms with Crippen LogP contribution in [0.2, 0.25) is 0 Å². The summed E-state index contributed by atoms with van der Waals surface area (Å²) in [5.74, 6) is -0.233. The van der Waals surface area contributed by atoms with Gasteiger partial charge in [0.25, 0.3) is 11.1 Å². The lowest BCUT2D eigenvalue weighted by atomic mass is 10.2. The maximum atomic E-state index is 12.6. The molecule has 22 heavy (non-hydrogen) atoms. The second-order valence-corrected chi connectivity index (χ2v) is 6.29. The number of thioether (sulfide) groups is 1. The lowest BCUT2D eigenvalue weighted by molar-refractivity contribution is -0.116. The molecule has 1 saturated heterocycles. The number of rotatable bonds is 3. The van der Waals surface area contributed by atoms with Crippen LogP contribution in [0, 0.1) is 13.8 Å². The first-order valence-corrected chi connectivity index (χ1v) is 7.87. The van der Waals surface area contributed by atoms with Crippen molar-refractivity contribution in [1.82, 2.24) is 0 Å². The zero-order valence-corrected chi connectivity index (χ0v) is 13.2. The first-order valence-electron chi connectivity index (χ1n) is 6.99. The number of nitrogens with one attached hydrogen (secondary N) is 1. The van der Waals surface area contributed by atoms with Gasteiger partial charge in [-0.25, -0.2) is 4.90 Å². The predicted octanol–water partition coefficient (Wildman–Crippen LogP) is 3.94. The van der Waals surface area contributed by atoms with E-state index < -0.39 is 5.37 Å². The predicted molar refractivity (Wildman–Crippen MR) is 90.2 cm³/mol. The van der Waals surface area contributed by atoms with E-state index in [0.29, 0.717) is 5.69 Å². The maximum absolute atomic E-state index is 12.6. The minimum Gasteiger partial charge on any atom is -0.365 e. The smallest absolute Gasteiger partial charge is 0.295 e. The van der Waals surface area contributed by atoms with Crippen LogP contribution in [0.1, 0.15) is 11.1 Å². The van der Waals surface area contributed by atoms with Crippen molar-refractivity contribution in [1.29, 1.82) is 0 Å². The minimum absolute atomic E-state index is 0.233. The van der Waals surface area contributed by atoms with E-state index in [9.17, 15) is 9.59 Å². The van der Waals surface area contributed by atoms with Gasteiger partial charge < -0.3 is 5.32 Å². The summed E-state index contributed by atoms with van der Waals surface area (Å²) in [7, 11) is 0. The lowest BCUT2D eigenvalue weighted by Crippen LogP contribution is -2.34. The Morgan fingerprint density at radius 1 is 1.05 bits per heavy atom. The van der Waals surface area contributed by atoms with Crippen molar-refractivity contribution in [3.05, 3.63) is 59.7 Å². The molecular weight excluding hydrogens is 296 g/mol. The lowest BCUT2D eigenvalue weighted by Gasteiger charge is -2.16. The Labute approximate surface area is 133 Å². The maximum Gasteiger partial charge on any atom is 0.295 e. The van der Waals surface area contributed by atoms with Crippen molar-refractivity contribution >= 4 is 34.3 Å². The average Bonchev–Trinajstić information content (AvgIpc) is 2.76. The SMILES string of the molecule is Cc1cccc(N2C(=O)S[C@@H](Nc3ccccc3C)C2=O)c1. The minimum atomic E-state index is -0.589. The van der Waals surface area contributed by atoms with Crippen LogP contribution < -0.4 is 10.2 Å². The molecule has 0 saturated carbocycles. The van der Waals surface area contributed by atoms with E-state index >= 15 is 0 Å². The number of amides is 2. The molecule has 1 aliphatic heterocycles. The second-order valence-electron chi connectivity index (χ2n) is 5.24. The van der Waals surface area contributed by atoms with E-state index in [2.05, 4.69) is 5.32 Å². The van der Waals surface area contributed by atoms with Crippen molar-refractivity contribution in [2.45, 2.75) is 19.2 Å². The molecule has 0 bridgehead atoms. The quantitative estimate of drug-likeness (QED) is 0.932. The van der Waals surface area contributed by atoms with Crippen molar-refractivity contribution in [2.24, 2.45) is 0 Å². The van der Waals surface area contributed by atoms with Crippen LogP contribution in [0.3, 0.4) is 0 Å². The van der Waals surface area contributed by atoms with E-state index in [-0.39, 0.29) is 11.1 Å². The van der Waals surface area contributed by atoms with E-state index in [1.165, 1.54) is 4.90 Å². The fraction of sp³-hybridized carbons (Fsp3) is 0.176. The fourth-order valence-electron chi connectivity index (χ4n) is 2.38. The van der Waals surface area contributed by atoms with Crippen molar-refractivity contribution in [2.75, 3.05) is 10.2 Å². The summed E-state index contributed by atoms with van der Waals surface area (Å²) >= 11 is 1.01. The molecule has 0 radical (unpaired) electrons. The van der Waals surface area contributed by atoms with Crippen LogP contribution in [0.5, 0.6) is 0 Å². The highest BCUT2D eigenvalue weighted by molar-refractivity contribution is 8.16. The van der Waals surface area contributed by atoms with Crippen molar-refractivity contribution in [3.8, 4) is 0 Å². The van der Waals surface area contributed by atoms with E-state index in [1.807, 2.05) is 56.3 Å². The van der Waals surface area contributed by atoms with Gasteiger partial charge in [-0.15, -0.1) is 0 Å². The monoisotopic (exact) mass is 312 g/mol. The van der Waals surface area contributed by atoms with Gasteiger partial charge in [0.2, 0.25) is 0 Å². The molecular formula is C17H16N2O2S. The van der Waals surface area contributed by atoms with Crippen LogP contribution in [0.15, 0.2) is 48.5 Å². The third-order valence-electron chi connectivity index (χ3n) is 3.54. The number of para-hydroxylation sites is 1. The second kappa shape index (κ2) is 5.85. The molecule has 3 rings (SSSR count). The van der Waals surface area contributed by atoms with Gasteiger partial charge in [0.15, 0.2) is 5.37 Å². The zero-order valence-electron chi connectivity index (χ0n) is 12.4. The molecule has 0 spiro atoms. The van der Waals surface area contributed by atoms with E-state index in [1.54, 1.807) is 6.07 Å². The van der Waals surface area contributed by atoms with Gasteiger partial charge >= 0.3 is 0 Å². The number of aryl methyl sites for hydroxylation is 2. The Morgan fingerprint density at radius 2 is 1.82 bits per heavy atom. The molecule has 4 nitrogen and oxygen atoms in total. The molecule has 2 aromatic rings. The van der Waals surface area contributed by atoms with Crippen LogP contribution in [-0.2, 0) is 4.79 Å². The van der Waals surface area contributed by atoms with Crippen LogP contribution in [-0.4, -0.2) is 16.5 Å². The highest BCUT2D eigenvalue weighted by atomic mass is 32.2. The number of carbonyl (C=O) groups excluding carboxylic acids is 2. The molecule has 112 valence electrons. The van der Waals surface area contributed by atoms with Gasteiger partial charge in [-0.3, -0.25) is 9.59 Å². The normalized spacial score (nSPS) is 17.9. The molecule has 1 atom stereocenters. The number of carbonyl (C=O) groups is 2. The van der Waals surface area contributed by atoms with Crippen LogP contribution in [0.25, 0.3) is 0 Å². The highest BCUT2D eigenvalue weighted by Gasteiger charge is 2.40. The molecule has 5 heteroatoms. The Hall–Kier alpha value is -2.27. The summed E-state index contributed by atoms with van der Waals surface area (Å²) in [6, 6.07) is 15.1. The first kappa shape index (κ1) is 14.7. The Kier molecular flexibility index (Phi) is 3.90. The van der Waals surface area contributed by atoms with Gasteiger partial charge in [-0.1, -0.05) is 30.3 Å². The van der Waals surface area contributed by atoms with Gasteiger partial charge in [0, 0.05) is 5.69 Å². The molecule has 0 aromatic heterocycles. The van der Waals surface area contributed by atoms with Gasteiger partial charge in [-0.05, 0) is 54.9 Å². The molecule has 0 unspecified atom stereocenters. The molecule has 1 N–H and O–H groups in total. The van der Waals surface area contributed by atoms with Gasteiger partial charge in [0.05, 0.1) is 5.69 Å². The van der Waals surface area contributed by atoms with E-state index in [4.69, 9.17) is 0 Å². The summed E-state index contributed by atoms with van der Waals surface area (Å²) in [6.07, 6.45) is 0. The third-order valence-corrected chi connectivity index (χ3v) is 4.48. The van der Waals surface area contributed by atoms with Gasteiger partial charge in [0.1, 0.15) is 0 Å². The van der Waals surface area contributed by atoms with Crippen molar-refractivity contribution < 1.29 is 9.59 Å². The Bertz CT molecular complexity index is 745. The molecule has 2 amide bonds. The molecule has 1 fully saturated rings. The number of anilines is 2. The topological polar surface area (TPSA) is 49.4 Å². The summed E-state index contributed by atoms with van der Waals surface area (Å²) in [6.45, 7) is 3.90. The number of benzene rings is 2. The Balaban J connectivity index is 1.84. The van der Waals surface area contributed by atoms with Crippen LogP contribution >= 0.6 is 11.8 Å². The number of imide groups is 1. The summed E-state index contributed by atoms with van der Waals surface area (Å²) < 4.78 is 0. The molecule has 1 aliphatic rings.